The van der Waals surface area contributed by atoms with Crippen molar-refractivity contribution >= 4 is 63.3 Å². The van der Waals surface area contributed by atoms with Gasteiger partial charge >= 0.3 is 29.6 Å². The predicted octanol–water partition coefficient (Wildman–Crippen LogP) is -3.75. The normalized spacial score (nSPS) is 21.7. The van der Waals surface area contributed by atoms with E-state index in [1.165, 1.54) is 23.2 Å². The van der Waals surface area contributed by atoms with E-state index in [0.717, 1.165) is 21.8 Å². The van der Waals surface area contributed by atoms with Crippen molar-refractivity contribution < 1.29 is 59.0 Å². The number of carbonyl (C=O) groups is 4. The second-order valence-electron chi connectivity index (χ2n) is 8.93. The van der Waals surface area contributed by atoms with Crippen LogP contribution in [0.15, 0.2) is 57.7 Å². The summed E-state index contributed by atoms with van der Waals surface area (Å²) in [6, 6.07) is 6.12. The van der Waals surface area contributed by atoms with Crippen LogP contribution in [0.1, 0.15) is 17.7 Å². The summed E-state index contributed by atoms with van der Waals surface area (Å²) in [6.07, 6.45) is 1.94. The summed E-state index contributed by atoms with van der Waals surface area (Å²) >= 11 is 2.27. The number of hydrogen-bond acceptors (Lipinski definition) is 12. The maximum absolute atomic E-state index is 13.0. The molecule has 2 saturated heterocycles. The third kappa shape index (κ3) is 5.60. The van der Waals surface area contributed by atoms with Gasteiger partial charge in [0, 0.05) is 35.5 Å². The molecule has 202 valence electrons. The van der Waals surface area contributed by atoms with E-state index in [1.54, 1.807) is 17.0 Å². The maximum atomic E-state index is 13.0. The Morgan fingerprint density at radius 1 is 1.25 bits per heavy atom. The van der Waals surface area contributed by atoms with Crippen LogP contribution in [0.3, 0.4) is 0 Å². The molecule has 3 aliphatic rings. The number of fused-ring (bicyclic) bond motifs is 1. The van der Waals surface area contributed by atoms with Crippen LogP contribution in [-0.2, 0) is 25.7 Å². The number of thioether (sulfide) groups is 1. The van der Waals surface area contributed by atoms with Gasteiger partial charge in [0.2, 0.25) is 5.91 Å². The zero-order chi connectivity index (χ0) is 27.8. The summed E-state index contributed by atoms with van der Waals surface area (Å²) < 4.78 is 0. The number of aromatic nitrogens is 1. The molecular weight excluding hydrogens is 569 g/mol. The number of oxime groups is 1. The molecule has 4 heterocycles. The van der Waals surface area contributed by atoms with Crippen LogP contribution in [0.25, 0.3) is 0 Å². The van der Waals surface area contributed by atoms with Crippen LogP contribution >= 0.6 is 23.1 Å². The van der Waals surface area contributed by atoms with E-state index in [1.807, 2.05) is 12.1 Å². The third-order valence-electron chi connectivity index (χ3n) is 6.47. The van der Waals surface area contributed by atoms with Crippen LogP contribution in [0.4, 0.5) is 10.8 Å². The standard InChI is InChI=1S/C24H23N7O6S2.Na/c25-14-3-1-11(2-4-14)8-30-6-5-12(20(30)33)7-13-9-38-22-17(21(34)31(22)18(13)23(35)36)28-19(32)16(29-37)15-10-39-24(26)27-15;/h1-4,7,10,17,22,37H,5-6,8-9,25H2,(H2,26,27)(H,28,32)(H,35,36);/q;+1/p-1/t17-,22-;/m1./s1. The Balaban J connectivity index is 0.00000370. The largest absolute Gasteiger partial charge is 1.00 e. The molecule has 0 spiro atoms. The molecule has 0 bridgehead atoms. The fourth-order valence-electron chi connectivity index (χ4n) is 4.57. The molecule has 3 amide bonds. The number of benzene rings is 1. The Kier molecular flexibility index (Phi) is 8.90. The van der Waals surface area contributed by atoms with Crippen LogP contribution in [0, 0.1) is 0 Å². The Labute approximate surface area is 258 Å². The van der Waals surface area contributed by atoms with Gasteiger partial charge in [-0.05, 0) is 35.8 Å². The molecule has 0 radical (unpaired) electrons. The summed E-state index contributed by atoms with van der Waals surface area (Å²) in [4.78, 5) is 57.3. The number of anilines is 2. The molecule has 3 aliphatic heterocycles. The monoisotopic (exact) mass is 591 g/mol. The van der Waals surface area contributed by atoms with Gasteiger partial charge in [0.1, 0.15) is 17.1 Å². The smallest absolute Gasteiger partial charge is 0.543 e. The minimum absolute atomic E-state index is 0. The molecule has 6 N–H and O–H groups in total. The van der Waals surface area contributed by atoms with Crippen LogP contribution in [0.2, 0.25) is 0 Å². The summed E-state index contributed by atoms with van der Waals surface area (Å²) in [7, 11) is 0. The summed E-state index contributed by atoms with van der Waals surface area (Å²) in [5.41, 5.74) is 12.8. The van der Waals surface area contributed by atoms with E-state index >= 15 is 0 Å². The molecule has 0 unspecified atom stereocenters. The fraction of sp³-hybridized carbons (Fsp3) is 0.250. The van der Waals surface area contributed by atoms with E-state index in [0.29, 0.717) is 30.8 Å². The number of carboxylic acids is 1. The van der Waals surface area contributed by atoms with Crippen molar-refractivity contribution in [3.63, 3.8) is 0 Å². The first-order chi connectivity index (χ1) is 18.7. The quantitative estimate of drug-likeness (QED) is 0.0470. The topological polar surface area (TPSA) is 207 Å². The average Bonchev–Trinajstić information content (AvgIpc) is 3.49. The number of nitrogens with two attached hydrogens (primary N) is 2. The van der Waals surface area contributed by atoms with Gasteiger partial charge in [-0.1, -0.05) is 17.3 Å². The molecule has 13 nitrogen and oxygen atoms in total. The number of amides is 3. The Morgan fingerprint density at radius 2 is 1.98 bits per heavy atom. The van der Waals surface area contributed by atoms with Gasteiger partial charge in [-0.15, -0.1) is 23.1 Å². The summed E-state index contributed by atoms with van der Waals surface area (Å²) in [5.74, 6) is -3.16. The van der Waals surface area contributed by atoms with Gasteiger partial charge in [-0.25, -0.2) is 4.98 Å². The van der Waals surface area contributed by atoms with Crippen molar-refractivity contribution in [2.24, 2.45) is 5.16 Å². The summed E-state index contributed by atoms with van der Waals surface area (Å²) in [5, 5.41) is 27.7. The Morgan fingerprint density at radius 3 is 2.60 bits per heavy atom. The Bertz CT molecular complexity index is 1470. The summed E-state index contributed by atoms with van der Waals surface area (Å²) in [6.45, 7) is 0.854. The first-order valence-electron chi connectivity index (χ1n) is 11.7. The molecule has 1 aromatic heterocycles. The number of carboxylic acid groups (broad SMARTS) is 1. The zero-order valence-corrected chi connectivity index (χ0v) is 24.8. The number of carbonyl (C=O) groups excluding carboxylic acids is 4. The molecule has 2 aromatic rings. The van der Waals surface area contributed by atoms with Gasteiger partial charge in [-0.3, -0.25) is 19.3 Å². The number of nitrogen functional groups attached to an aromatic ring is 2. The molecule has 16 heteroatoms. The number of allylic oxidation sites excluding steroid dienone is 1. The van der Waals surface area contributed by atoms with Crippen molar-refractivity contribution in [2.45, 2.75) is 24.4 Å². The molecule has 5 rings (SSSR count). The maximum Gasteiger partial charge on any atom is 1.00 e. The fourth-order valence-corrected chi connectivity index (χ4v) is 6.42. The first kappa shape index (κ1) is 29.6. The molecule has 1 aromatic carbocycles. The number of thiazole rings is 1. The molecule has 2 atom stereocenters. The van der Waals surface area contributed by atoms with E-state index < -0.39 is 34.9 Å². The van der Waals surface area contributed by atoms with Gasteiger partial charge in [0.25, 0.3) is 11.8 Å². The molecule has 2 fully saturated rings. The number of β-lactam (4-membered cyclic amide) rings is 1. The number of likely N-dealkylation sites (tertiary alicyclic amines) is 1. The van der Waals surface area contributed by atoms with Crippen molar-refractivity contribution in [1.29, 1.82) is 0 Å². The van der Waals surface area contributed by atoms with Crippen LogP contribution in [0.5, 0.6) is 0 Å². The average molecular weight is 592 g/mol. The number of nitrogens with one attached hydrogen (secondary N) is 1. The molecule has 0 aliphatic carbocycles. The third-order valence-corrected chi connectivity index (χ3v) is 8.45. The van der Waals surface area contributed by atoms with Crippen LogP contribution < -0.4 is 51.4 Å². The van der Waals surface area contributed by atoms with E-state index in [9.17, 15) is 29.5 Å². The van der Waals surface area contributed by atoms with Crippen molar-refractivity contribution in [1.82, 2.24) is 20.1 Å². The predicted molar refractivity (Wildman–Crippen MR) is 141 cm³/mol. The van der Waals surface area contributed by atoms with Crippen molar-refractivity contribution in [3.05, 3.63) is 63.8 Å². The second kappa shape index (κ2) is 12.0. The minimum atomic E-state index is -1.56. The SMILES string of the molecule is Nc1ccc(CN2CCC(=CC3=C(C(=O)[O-])N4C(=O)[C@@H](NC(=O)C(=NO)c5csc(N)n5)[C@H]4SC3)C2=O)cc1.[Na+]. The number of hydrogen-bond donors (Lipinski definition) is 4. The van der Waals surface area contributed by atoms with E-state index in [-0.39, 0.29) is 63.3 Å². The van der Waals surface area contributed by atoms with E-state index in [2.05, 4.69) is 15.5 Å². The van der Waals surface area contributed by atoms with Gasteiger partial charge in [0.05, 0.1) is 11.7 Å². The second-order valence-corrected chi connectivity index (χ2v) is 10.9. The van der Waals surface area contributed by atoms with Gasteiger partial charge in [0.15, 0.2) is 10.8 Å². The van der Waals surface area contributed by atoms with Crippen molar-refractivity contribution in [2.75, 3.05) is 23.8 Å². The molecule has 0 saturated carbocycles. The van der Waals surface area contributed by atoms with E-state index in [4.69, 9.17) is 11.5 Å². The van der Waals surface area contributed by atoms with Crippen molar-refractivity contribution in [3.8, 4) is 0 Å². The minimum Gasteiger partial charge on any atom is -0.543 e. The number of nitrogens with zero attached hydrogens (tertiary/aromatic N) is 4. The number of aliphatic carboxylic acids is 1. The molecular formula is C24H22N7NaO6S2. The van der Waals surface area contributed by atoms with Gasteiger partial charge in [-0.2, -0.15) is 0 Å². The van der Waals surface area contributed by atoms with Crippen LogP contribution in [-0.4, -0.2) is 73.1 Å². The zero-order valence-electron chi connectivity index (χ0n) is 21.2. The van der Waals surface area contributed by atoms with Gasteiger partial charge < -0.3 is 36.8 Å². The Hall–Kier alpha value is -3.37. The number of rotatable bonds is 7. The first-order valence-corrected chi connectivity index (χ1v) is 13.6. The molecule has 40 heavy (non-hydrogen) atoms.